The average molecular weight is 257 g/mol. The van der Waals surface area contributed by atoms with Crippen LogP contribution in [0.4, 0.5) is 10.6 Å². The summed E-state index contributed by atoms with van der Waals surface area (Å²) in [5, 5.41) is 0.101. The number of rotatable bonds is 2. The van der Waals surface area contributed by atoms with E-state index in [0.29, 0.717) is 5.82 Å². The number of piperidine rings is 1. The van der Waals surface area contributed by atoms with E-state index in [0.717, 1.165) is 25.9 Å². The largest absolute Gasteiger partial charge is 0.434 e. The number of aromatic nitrogens is 2. The van der Waals surface area contributed by atoms with E-state index in [9.17, 15) is 4.79 Å². The number of hydrogen-bond donors (Lipinski definition) is 1. The lowest BCUT2D eigenvalue weighted by atomic mass is 10.1. The fourth-order valence-corrected chi connectivity index (χ4v) is 1.78. The smallest absolute Gasteiger partial charge is 0.323 e. The molecule has 1 aliphatic heterocycles. The van der Waals surface area contributed by atoms with Gasteiger partial charge in [-0.2, -0.15) is 10.5 Å². The summed E-state index contributed by atoms with van der Waals surface area (Å²) in [5.41, 5.74) is 2.46. The van der Waals surface area contributed by atoms with Crippen LogP contribution in [0.1, 0.15) is 19.3 Å². The summed E-state index contributed by atoms with van der Waals surface area (Å²) >= 11 is 5.60. The van der Waals surface area contributed by atoms with Crippen molar-refractivity contribution in [3.05, 3.63) is 17.5 Å². The van der Waals surface area contributed by atoms with E-state index in [4.69, 9.17) is 16.4 Å². The van der Waals surface area contributed by atoms with Crippen molar-refractivity contribution >= 4 is 23.5 Å². The van der Waals surface area contributed by atoms with Gasteiger partial charge in [0.1, 0.15) is 0 Å². The van der Waals surface area contributed by atoms with Crippen molar-refractivity contribution in [3.63, 3.8) is 0 Å². The second-order valence-corrected chi connectivity index (χ2v) is 4.07. The molecule has 1 N–H and O–H groups in total. The number of anilines is 1. The number of amides is 1. The van der Waals surface area contributed by atoms with Gasteiger partial charge in [0.05, 0.1) is 0 Å². The molecule has 0 bridgehead atoms. The van der Waals surface area contributed by atoms with E-state index in [1.54, 1.807) is 11.0 Å². The highest BCUT2D eigenvalue weighted by atomic mass is 35.5. The molecule has 1 saturated heterocycles. The Bertz CT molecular complexity index is 396. The molecule has 2 rings (SSSR count). The first-order valence-corrected chi connectivity index (χ1v) is 5.84. The first kappa shape index (κ1) is 11.9. The van der Waals surface area contributed by atoms with Crippen LogP contribution >= 0.6 is 11.6 Å². The minimum absolute atomic E-state index is 0.101. The minimum Gasteiger partial charge on any atom is -0.323 e. The lowest BCUT2D eigenvalue weighted by molar-refractivity contribution is 0.114. The quantitative estimate of drug-likeness (QED) is 0.648. The number of likely N-dealkylation sites (tertiary alicyclic amines) is 1. The SMILES string of the molecule is O=C(ONc1ccnc(Cl)n1)N1CCCCC1. The Balaban J connectivity index is 1.83. The molecule has 6 nitrogen and oxygen atoms in total. The van der Waals surface area contributed by atoms with E-state index in [2.05, 4.69) is 15.4 Å². The molecule has 7 heteroatoms. The van der Waals surface area contributed by atoms with Crippen LogP contribution in [0.2, 0.25) is 5.28 Å². The van der Waals surface area contributed by atoms with Crippen molar-refractivity contribution in [2.24, 2.45) is 0 Å². The molecule has 1 amide bonds. The molecule has 0 radical (unpaired) electrons. The van der Waals surface area contributed by atoms with Gasteiger partial charge < -0.3 is 9.74 Å². The number of hydrogen-bond acceptors (Lipinski definition) is 5. The van der Waals surface area contributed by atoms with Gasteiger partial charge in [-0.05, 0) is 30.9 Å². The van der Waals surface area contributed by atoms with Crippen LogP contribution in [-0.2, 0) is 4.84 Å². The predicted octanol–water partition coefficient (Wildman–Crippen LogP) is 2.08. The number of carbonyl (C=O) groups is 1. The maximum Gasteiger partial charge on any atom is 0.434 e. The van der Waals surface area contributed by atoms with Crippen molar-refractivity contribution < 1.29 is 9.63 Å². The van der Waals surface area contributed by atoms with Gasteiger partial charge >= 0.3 is 6.09 Å². The highest BCUT2D eigenvalue weighted by Gasteiger charge is 2.18. The van der Waals surface area contributed by atoms with Gasteiger partial charge in [-0.15, -0.1) is 0 Å². The zero-order valence-electron chi connectivity index (χ0n) is 9.23. The average Bonchev–Trinajstić information content (AvgIpc) is 2.37. The third kappa shape index (κ3) is 3.45. The molecule has 0 saturated carbocycles. The van der Waals surface area contributed by atoms with Gasteiger partial charge in [-0.25, -0.2) is 9.78 Å². The van der Waals surface area contributed by atoms with Crippen LogP contribution in [0.15, 0.2) is 12.3 Å². The molecule has 0 spiro atoms. The highest BCUT2D eigenvalue weighted by Crippen LogP contribution is 2.11. The van der Waals surface area contributed by atoms with E-state index in [-0.39, 0.29) is 11.4 Å². The number of nitrogens with zero attached hydrogens (tertiary/aromatic N) is 3. The van der Waals surface area contributed by atoms with Gasteiger partial charge in [0.15, 0.2) is 5.82 Å². The van der Waals surface area contributed by atoms with Gasteiger partial charge in [0.2, 0.25) is 5.28 Å². The van der Waals surface area contributed by atoms with Crippen molar-refractivity contribution in [1.29, 1.82) is 0 Å². The highest BCUT2D eigenvalue weighted by molar-refractivity contribution is 6.28. The van der Waals surface area contributed by atoms with Gasteiger partial charge in [-0.3, -0.25) is 0 Å². The Morgan fingerprint density at radius 2 is 2.18 bits per heavy atom. The summed E-state index contributed by atoms with van der Waals surface area (Å²) in [6, 6.07) is 1.56. The molecular formula is C10H13ClN4O2. The molecule has 1 fully saturated rings. The summed E-state index contributed by atoms with van der Waals surface area (Å²) in [4.78, 5) is 25.8. The van der Waals surface area contributed by atoms with Crippen LogP contribution in [0.5, 0.6) is 0 Å². The molecule has 0 unspecified atom stereocenters. The summed E-state index contributed by atoms with van der Waals surface area (Å²) in [6.45, 7) is 1.48. The Labute approximate surface area is 104 Å². The summed E-state index contributed by atoms with van der Waals surface area (Å²) in [6.07, 6.45) is 4.30. The molecule has 0 atom stereocenters. The summed E-state index contributed by atoms with van der Waals surface area (Å²) in [7, 11) is 0. The molecule has 0 aliphatic carbocycles. The van der Waals surface area contributed by atoms with Crippen LogP contribution in [0.25, 0.3) is 0 Å². The normalized spacial score (nSPS) is 15.5. The standard InChI is InChI=1S/C10H13ClN4O2/c11-9-12-5-4-8(13-9)14-17-10(16)15-6-2-1-3-7-15/h4-5H,1-3,6-7H2,(H,12,13,14). The minimum atomic E-state index is -0.389. The molecule has 2 heterocycles. The van der Waals surface area contributed by atoms with E-state index in [1.165, 1.54) is 12.6 Å². The lowest BCUT2D eigenvalue weighted by Gasteiger charge is -2.25. The fourth-order valence-electron chi connectivity index (χ4n) is 1.63. The van der Waals surface area contributed by atoms with Crippen molar-refractivity contribution in [3.8, 4) is 0 Å². The van der Waals surface area contributed by atoms with Crippen LogP contribution in [0, 0.1) is 0 Å². The molecule has 1 aromatic rings. The van der Waals surface area contributed by atoms with Crippen molar-refractivity contribution in [2.75, 3.05) is 18.6 Å². The molecule has 1 aliphatic rings. The summed E-state index contributed by atoms with van der Waals surface area (Å²) in [5.74, 6) is 0.357. The van der Waals surface area contributed by atoms with Crippen LogP contribution in [0.3, 0.4) is 0 Å². The van der Waals surface area contributed by atoms with Gasteiger partial charge in [0, 0.05) is 25.4 Å². The van der Waals surface area contributed by atoms with E-state index >= 15 is 0 Å². The van der Waals surface area contributed by atoms with Gasteiger partial charge in [0.25, 0.3) is 0 Å². The maximum absolute atomic E-state index is 11.6. The Kier molecular flexibility index (Phi) is 3.98. The second kappa shape index (κ2) is 5.67. The maximum atomic E-state index is 11.6. The predicted molar refractivity (Wildman–Crippen MR) is 62.6 cm³/mol. The Morgan fingerprint density at radius 1 is 1.41 bits per heavy atom. The summed E-state index contributed by atoms with van der Waals surface area (Å²) < 4.78 is 0. The first-order valence-electron chi connectivity index (χ1n) is 5.46. The Hall–Kier alpha value is -1.56. The topological polar surface area (TPSA) is 67.3 Å². The third-order valence-corrected chi connectivity index (χ3v) is 2.67. The van der Waals surface area contributed by atoms with E-state index in [1.807, 2.05) is 0 Å². The second-order valence-electron chi connectivity index (χ2n) is 3.73. The lowest BCUT2D eigenvalue weighted by Crippen LogP contribution is -2.37. The third-order valence-electron chi connectivity index (χ3n) is 2.48. The zero-order valence-corrected chi connectivity index (χ0v) is 9.98. The fraction of sp³-hybridized carbons (Fsp3) is 0.500. The molecule has 92 valence electrons. The molecule has 0 aromatic carbocycles. The molecular weight excluding hydrogens is 244 g/mol. The van der Waals surface area contributed by atoms with Crippen molar-refractivity contribution in [2.45, 2.75) is 19.3 Å². The first-order chi connectivity index (χ1) is 8.25. The number of nitrogens with one attached hydrogen (secondary N) is 1. The monoisotopic (exact) mass is 256 g/mol. The molecule has 17 heavy (non-hydrogen) atoms. The van der Waals surface area contributed by atoms with Crippen molar-refractivity contribution in [1.82, 2.24) is 14.9 Å². The number of carbonyl (C=O) groups excluding carboxylic acids is 1. The zero-order chi connectivity index (χ0) is 12.1. The molecule has 1 aromatic heterocycles. The van der Waals surface area contributed by atoms with Crippen LogP contribution < -0.4 is 5.48 Å². The Morgan fingerprint density at radius 3 is 2.88 bits per heavy atom. The van der Waals surface area contributed by atoms with Crippen LogP contribution in [-0.4, -0.2) is 34.1 Å². The van der Waals surface area contributed by atoms with E-state index < -0.39 is 0 Å². The number of halogens is 1. The van der Waals surface area contributed by atoms with Gasteiger partial charge in [-0.1, -0.05) is 0 Å².